The summed E-state index contributed by atoms with van der Waals surface area (Å²) in [5.41, 5.74) is 16.0. The summed E-state index contributed by atoms with van der Waals surface area (Å²) >= 11 is 0. The van der Waals surface area contributed by atoms with Crippen molar-refractivity contribution in [1.82, 2.24) is 0 Å². The minimum atomic E-state index is 0.142. The second kappa shape index (κ2) is 13.3. The summed E-state index contributed by atoms with van der Waals surface area (Å²) in [7, 11) is 0. The zero-order chi connectivity index (χ0) is 37.9. The van der Waals surface area contributed by atoms with E-state index >= 15 is 0 Å². The minimum Gasteiger partial charge on any atom is -0.310 e. The van der Waals surface area contributed by atoms with Crippen LogP contribution in [0.4, 0.5) is 34.1 Å². The van der Waals surface area contributed by atoms with E-state index in [9.17, 15) is 0 Å². The van der Waals surface area contributed by atoms with Crippen molar-refractivity contribution in [2.24, 2.45) is 0 Å². The molecule has 0 amide bonds. The van der Waals surface area contributed by atoms with Crippen molar-refractivity contribution in [1.29, 1.82) is 0 Å². The number of hydrogen-bond donors (Lipinski definition) is 0. The molecule has 8 rings (SSSR count). The van der Waals surface area contributed by atoms with Gasteiger partial charge >= 0.3 is 0 Å². The Labute approximate surface area is 324 Å². The number of hydrogen-bond acceptors (Lipinski definition) is 2. The fourth-order valence-corrected chi connectivity index (χ4v) is 9.09. The van der Waals surface area contributed by atoms with Gasteiger partial charge in [0.15, 0.2) is 0 Å². The molecule has 0 aliphatic heterocycles. The largest absolute Gasteiger partial charge is 0.310 e. The van der Waals surface area contributed by atoms with Crippen LogP contribution >= 0.6 is 0 Å². The van der Waals surface area contributed by atoms with Gasteiger partial charge in [-0.3, -0.25) is 0 Å². The fourth-order valence-electron chi connectivity index (χ4n) is 9.09. The van der Waals surface area contributed by atoms with E-state index in [1.807, 2.05) is 0 Å². The molecule has 2 nitrogen and oxygen atoms in total. The van der Waals surface area contributed by atoms with Crippen LogP contribution in [-0.4, -0.2) is 0 Å². The van der Waals surface area contributed by atoms with Gasteiger partial charge < -0.3 is 9.80 Å². The Bertz CT molecular complexity index is 2090. The monoisotopic (exact) mass is 708 g/mol. The number of nitrogens with zero attached hydrogens (tertiary/aromatic N) is 2. The van der Waals surface area contributed by atoms with Crippen molar-refractivity contribution in [2.45, 2.75) is 103 Å². The first-order valence-electron chi connectivity index (χ1n) is 19.9. The molecule has 6 aromatic carbocycles. The summed E-state index contributed by atoms with van der Waals surface area (Å²) in [5, 5.41) is 0. The molecule has 0 radical (unpaired) electrons. The molecule has 0 unspecified atom stereocenters. The average molecular weight is 709 g/mol. The maximum absolute atomic E-state index is 2.46. The highest BCUT2D eigenvalue weighted by atomic mass is 15.1. The SMILES string of the molecule is CC1(C)CCC(C)(C)c2cc(N(c3ccccc3)c3ccc(-c4ccc(N(c5ccccc5)c5ccc6c(c5)C(C)(C)CCC6(C)C)cc4)cc3)ccc21. The second-order valence-corrected chi connectivity index (χ2v) is 18.4. The lowest BCUT2D eigenvalue weighted by Crippen LogP contribution is -2.34. The van der Waals surface area contributed by atoms with Crippen LogP contribution < -0.4 is 9.80 Å². The third-order valence-electron chi connectivity index (χ3n) is 12.8. The molecule has 0 N–H and O–H groups in total. The van der Waals surface area contributed by atoms with Crippen molar-refractivity contribution >= 4 is 34.1 Å². The molecule has 0 bridgehead atoms. The van der Waals surface area contributed by atoms with Gasteiger partial charge in [0.1, 0.15) is 0 Å². The fraction of sp³-hybridized carbons (Fsp3) is 0.308. The van der Waals surface area contributed by atoms with Crippen molar-refractivity contribution in [3.05, 3.63) is 168 Å². The Morgan fingerprint density at radius 2 is 0.574 bits per heavy atom. The molecule has 0 saturated carbocycles. The molecule has 0 atom stereocenters. The number of fused-ring (bicyclic) bond motifs is 2. The first-order valence-corrected chi connectivity index (χ1v) is 19.9. The van der Waals surface area contributed by atoms with E-state index in [-0.39, 0.29) is 21.7 Å². The molecular weight excluding hydrogens is 653 g/mol. The van der Waals surface area contributed by atoms with Crippen LogP contribution in [-0.2, 0) is 21.7 Å². The van der Waals surface area contributed by atoms with Gasteiger partial charge in [-0.15, -0.1) is 0 Å². The highest BCUT2D eigenvalue weighted by Crippen LogP contribution is 2.50. The van der Waals surface area contributed by atoms with Crippen LogP contribution in [0.2, 0.25) is 0 Å². The summed E-state index contributed by atoms with van der Waals surface area (Å²) in [6, 6.07) is 54.1. The molecular formula is C52H56N2. The number of benzene rings is 6. The average Bonchev–Trinajstić information content (AvgIpc) is 3.17. The van der Waals surface area contributed by atoms with Crippen molar-refractivity contribution in [2.75, 3.05) is 9.80 Å². The van der Waals surface area contributed by atoms with Crippen LogP contribution in [0.5, 0.6) is 0 Å². The summed E-state index contributed by atoms with van der Waals surface area (Å²) < 4.78 is 0. The highest BCUT2D eigenvalue weighted by molar-refractivity contribution is 5.81. The van der Waals surface area contributed by atoms with Gasteiger partial charge in [0, 0.05) is 34.1 Å². The van der Waals surface area contributed by atoms with Gasteiger partial charge in [0.25, 0.3) is 0 Å². The highest BCUT2D eigenvalue weighted by Gasteiger charge is 2.38. The summed E-state index contributed by atoms with van der Waals surface area (Å²) in [4.78, 5) is 4.81. The van der Waals surface area contributed by atoms with E-state index in [1.165, 1.54) is 70.4 Å². The van der Waals surface area contributed by atoms with E-state index in [0.29, 0.717) is 0 Å². The molecule has 274 valence electrons. The standard InChI is InChI=1S/C52H56N2/c1-49(2)31-33-51(5,6)47-35-43(27-29-45(47)49)53(39-15-11-9-12-16-39)41-23-19-37(20-24-41)38-21-25-42(26-22-38)54(40-17-13-10-14-18-40)44-28-30-46-48(36-44)52(7,8)34-32-50(46,3)4/h9-30,35-36H,31-34H2,1-8H3. The molecule has 6 aromatic rings. The lowest BCUT2D eigenvalue weighted by atomic mass is 9.63. The van der Waals surface area contributed by atoms with Crippen molar-refractivity contribution < 1.29 is 0 Å². The van der Waals surface area contributed by atoms with Crippen LogP contribution in [0, 0.1) is 0 Å². The first kappa shape index (κ1) is 35.9. The van der Waals surface area contributed by atoms with E-state index in [1.54, 1.807) is 0 Å². The topological polar surface area (TPSA) is 6.48 Å². The smallest absolute Gasteiger partial charge is 0.0464 e. The molecule has 2 aliphatic rings. The van der Waals surface area contributed by atoms with Gasteiger partial charge in [0.05, 0.1) is 0 Å². The molecule has 2 aliphatic carbocycles. The maximum Gasteiger partial charge on any atom is 0.0464 e. The zero-order valence-electron chi connectivity index (χ0n) is 33.6. The van der Waals surface area contributed by atoms with Gasteiger partial charge in [-0.25, -0.2) is 0 Å². The third kappa shape index (κ3) is 6.55. The van der Waals surface area contributed by atoms with Gasteiger partial charge in [-0.1, -0.05) is 128 Å². The summed E-state index contributed by atoms with van der Waals surface area (Å²) in [6.45, 7) is 19.2. The number of rotatable bonds is 7. The Morgan fingerprint density at radius 3 is 0.907 bits per heavy atom. The number of para-hydroxylation sites is 2. The second-order valence-electron chi connectivity index (χ2n) is 18.4. The zero-order valence-corrected chi connectivity index (χ0v) is 33.6. The van der Waals surface area contributed by atoms with Crippen LogP contribution in [0.3, 0.4) is 0 Å². The lowest BCUT2D eigenvalue weighted by Gasteiger charge is -2.42. The molecule has 0 fully saturated rings. The lowest BCUT2D eigenvalue weighted by molar-refractivity contribution is 0.332. The molecule has 2 heteroatoms. The van der Waals surface area contributed by atoms with E-state index in [0.717, 1.165) is 22.7 Å². The van der Waals surface area contributed by atoms with E-state index in [4.69, 9.17) is 0 Å². The predicted molar refractivity (Wildman–Crippen MR) is 232 cm³/mol. The van der Waals surface area contributed by atoms with Crippen molar-refractivity contribution in [3.8, 4) is 11.1 Å². The summed E-state index contributed by atoms with van der Waals surface area (Å²) in [6.07, 6.45) is 4.82. The maximum atomic E-state index is 2.46. The normalized spacial score (nSPS) is 17.6. The molecule has 0 heterocycles. The van der Waals surface area contributed by atoms with Crippen LogP contribution in [0.1, 0.15) is 103 Å². The van der Waals surface area contributed by atoms with Gasteiger partial charge in [-0.2, -0.15) is 0 Å². The Morgan fingerprint density at radius 1 is 0.296 bits per heavy atom. The van der Waals surface area contributed by atoms with E-state index in [2.05, 4.69) is 211 Å². The number of anilines is 6. The van der Waals surface area contributed by atoms with Gasteiger partial charge in [0.2, 0.25) is 0 Å². The quantitative estimate of drug-likeness (QED) is 0.163. The molecule has 54 heavy (non-hydrogen) atoms. The minimum absolute atomic E-state index is 0.142. The van der Waals surface area contributed by atoms with Crippen LogP contribution in [0.15, 0.2) is 146 Å². The Hall–Kier alpha value is -5.08. The molecule has 0 saturated heterocycles. The van der Waals surface area contributed by atoms with Crippen LogP contribution in [0.25, 0.3) is 11.1 Å². The predicted octanol–water partition coefficient (Wildman–Crippen LogP) is 15.0. The van der Waals surface area contributed by atoms with Crippen molar-refractivity contribution in [3.63, 3.8) is 0 Å². The van der Waals surface area contributed by atoms with E-state index < -0.39 is 0 Å². The molecule has 0 spiro atoms. The summed E-state index contributed by atoms with van der Waals surface area (Å²) in [5.74, 6) is 0. The Kier molecular flexibility index (Phi) is 8.88. The molecule has 0 aromatic heterocycles. The first-order chi connectivity index (χ1) is 25.7. The van der Waals surface area contributed by atoms with Gasteiger partial charge in [-0.05, 0) is 154 Å². The third-order valence-corrected chi connectivity index (χ3v) is 12.8. The Balaban J connectivity index is 1.13.